The molecule has 5 heteroatoms. The maximum Gasteiger partial charge on any atom is 0.274 e. The van der Waals surface area contributed by atoms with Crippen LogP contribution in [0.4, 0.5) is 0 Å². The van der Waals surface area contributed by atoms with Gasteiger partial charge in [0, 0.05) is 30.5 Å². The molecule has 2 aromatic heterocycles. The number of hydrogen-bond acceptors (Lipinski definition) is 4. The van der Waals surface area contributed by atoms with Gasteiger partial charge < -0.3 is 13.8 Å². The van der Waals surface area contributed by atoms with Crippen LogP contribution >= 0.6 is 0 Å². The van der Waals surface area contributed by atoms with Gasteiger partial charge >= 0.3 is 0 Å². The van der Waals surface area contributed by atoms with Crippen LogP contribution < -0.4 is 0 Å². The number of aryl methyl sites for hydroxylation is 2. The van der Waals surface area contributed by atoms with E-state index in [-0.39, 0.29) is 5.92 Å². The van der Waals surface area contributed by atoms with Gasteiger partial charge in [0.05, 0.1) is 6.61 Å². The Morgan fingerprint density at radius 3 is 3.00 bits per heavy atom. The molecule has 1 aliphatic heterocycles. The van der Waals surface area contributed by atoms with Gasteiger partial charge in [-0.05, 0) is 31.5 Å². The first-order valence-corrected chi connectivity index (χ1v) is 7.20. The lowest BCUT2D eigenvalue weighted by molar-refractivity contribution is 0.192. The average molecular weight is 283 g/mol. The van der Waals surface area contributed by atoms with E-state index in [0.29, 0.717) is 12.5 Å². The number of nitrogens with zero attached hydrogens (tertiary/aromatic N) is 3. The van der Waals surface area contributed by atoms with Gasteiger partial charge in [-0.1, -0.05) is 16.8 Å². The van der Waals surface area contributed by atoms with Crippen LogP contribution in [0.3, 0.4) is 0 Å². The van der Waals surface area contributed by atoms with Gasteiger partial charge in [0.1, 0.15) is 5.69 Å². The molecule has 1 fully saturated rings. The first-order chi connectivity index (χ1) is 10.2. The number of fused-ring (bicyclic) bond motifs is 1. The second-order valence-electron chi connectivity index (χ2n) is 5.67. The minimum Gasteiger partial charge on any atom is -0.381 e. The number of hydrogen-bond donors (Lipinski definition) is 0. The fraction of sp³-hybridized carbons (Fsp3) is 0.375. The lowest BCUT2D eigenvalue weighted by atomic mass is 10.1. The SMILES string of the molecule is Cc1ccc2c(c1)cc(-c1nc([C@H]3CCOC3)no1)n2C. The van der Waals surface area contributed by atoms with Gasteiger partial charge in [-0.25, -0.2) is 0 Å². The zero-order chi connectivity index (χ0) is 14.4. The van der Waals surface area contributed by atoms with Gasteiger partial charge in [0.15, 0.2) is 5.82 Å². The van der Waals surface area contributed by atoms with E-state index in [1.165, 1.54) is 16.5 Å². The summed E-state index contributed by atoms with van der Waals surface area (Å²) in [6, 6.07) is 8.50. The maximum atomic E-state index is 5.47. The molecular weight excluding hydrogens is 266 g/mol. The molecule has 4 rings (SSSR count). The van der Waals surface area contributed by atoms with E-state index < -0.39 is 0 Å². The molecule has 3 heterocycles. The third-order valence-corrected chi connectivity index (χ3v) is 4.15. The van der Waals surface area contributed by atoms with Crippen LogP contribution in [-0.2, 0) is 11.8 Å². The van der Waals surface area contributed by atoms with E-state index in [9.17, 15) is 0 Å². The van der Waals surface area contributed by atoms with Crippen molar-refractivity contribution in [3.63, 3.8) is 0 Å². The van der Waals surface area contributed by atoms with Crippen molar-refractivity contribution in [2.24, 2.45) is 7.05 Å². The molecule has 0 amide bonds. The Bertz CT molecular complexity index is 797. The first kappa shape index (κ1) is 12.6. The number of aromatic nitrogens is 3. The van der Waals surface area contributed by atoms with E-state index >= 15 is 0 Å². The Labute approximate surface area is 122 Å². The molecule has 108 valence electrons. The van der Waals surface area contributed by atoms with E-state index in [1.54, 1.807) is 0 Å². The molecule has 0 spiro atoms. The molecule has 21 heavy (non-hydrogen) atoms. The fourth-order valence-corrected chi connectivity index (χ4v) is 2.92. The summed E-state index contributed by atoms with van der Waals surface area (Å²) in [5, 5.41) is 5.32. The van der Waals surface area contributed by atoms with Gasteiger partial charge in [0.25, 0.3) is 5.89 Å². The van der Waals surface area contributed by atoms with Gasteiger partial charge in [-0.2, -0.15) is 4.98 Å². The first-order valence-electron chi connectivity index (χ1n) is 7.20. The molecule has 0 unspecified atom stereocenters. The summed E-state index contributed by atoms with van der Waals surface area (Å²) in [5.74, 6) is 1.59. The molecule has 3 aromatic rings. The predicted octanol–water partition coefficient (Wildman–Crippen LogP) is 3.04. The molecule has 1 aromatic carbocycles. The summed E-state index contributed by atoms with van der Waals surface area (Å²) < 4.78 is 12.9. The lowest BCUT2D eigenvalue weighted by Crippen LogP contribution is -2.00. The Morgan fingerprint density at radius 2 is 2.19 bits per heavy atom. The largest absolute Gasteiger partial charge is 0.381 e. The van der Waals surface area contributed by atoms with Crippen molar-refractivity contribution in [3.05, 3.63) is 35.7 Å². The third-order valence-electron chi connectivity index (χ3n) is 4.15. The summed E-state index contributed by atoms with van der Waals surface area (Å²) in [6.45, 7) is 3.56. The highest BCUT2D eigenvalue weighted by Crippen LogP contribution is 2.29. The minimum absolute atomic E-state index is 0.263. The van der Waals surface area contributed by atoms with E-state index in [0.717, 1.165) is 24.5 Å². The average Bonchev–Trinajstić information content (AvgIpc) is 3.17. The maximum absolute atomic E-state index is 5.47. The summed E-state index contributed by atoms with van der Waals surface area (Å²) in [5.41, 5.74) is 3.36. The smallest absolute Gasteiger partial charge is 0.274 e. The zero-order valence-corrected chi connectivity index (χ0v) is 12.2. The molecule has 5 nitrogen and oxygen atoms in total. The topological polar surface area (TPSA) is 53.1 Å². The van der Waals surface area contributed by atoms with Crippen molar-refractivity contribution < 1.29 is 9.26 Å². The highest BCUT2D eigenvalue weighted by Gasteiger charge is 2.24. The lowest BCUT2D eigenvalue weighted by Gasteiger charge is -2.00. The Kier molecular flexibility index (Phi) is 2.82. The fourth-order valence-electron chi connectivity index (χ4n) is 2.92. The van der Waals surface area contributed by atoms with Crippen LogP contribution in [-0.4, -0.2) is 27.9 Å². The summed E-state index contributed by atoms with van der Waals surface area (Å²) in [4.78, 5) is 4.56. The van der Waals surface area contributed by atoms with Crippen molar-refractivity contribution in [1.82, 2.24) is 14.7 Å². The van der Waals surface area contributed by atoms with Crippen LogP contribution in [0.25, 0.3) is 22.5 Å². The van der Waals surface area contributed by atoms with E-state index in [1.807, 2.05) is 7.05 Å². The van der Waals surface area contributed by atoms with E-state index in [2.05, 4.69) is 45.9 Å². The van der Waals surface area contributed by atoms with Crippen LogP contribution in [0.15, 0.2) is 28.8 Å². The molecule has 0 aliphatic carbocycles. The normalized spacial score (nSPS) is 18.7. The van der Waals surface area contributed by atoms with E-state index in [4.69, 9.17) is 9.26 Å². The number of benzene rings is 1. The molecule has 0 bridgehead atoms. The second-order valence-corrected chi connectivity index (χ2v) is 5.67. The molecule has 0 radical (unpaired) electrons. The summed E-state index contributed by atoms with van der Waals surface area (Å²) >= 11 is 0. The van der Waals surface area contributed by atoms with Crippen molar-refractivity contribution in [3.8, 4) is 11.6 Å². The van der Waals surface area contributed by atoms with Crippen LogP contribution in [0.2, 0.25) is 0 Å². The summed E-state index contributed by atoms with van der Waals surface area (Å²) in [6.07, 6.45) is 0.966. The van der Waals surface area contributed by atoms with Crippen molar-refractivity contribution in [2.45, 2.75) is 19.3 Å². The third kappa shape index (κ3) is 2.05. The highest BCUT2D eigenvalue weighted by molar-refractivity contribution is 5.86. The molecular formula is C16H17N3O2. The van der Waals surface area contributed by atoms with Gasteiger partial charge in [-0.3, -0.25) is 0 Å². The predicted molar refractivity (Wildman–Crippen MR) is 79.1 cm³/mol. The van der Waals surface area contributed by atoms with Gasteiger partial charge in [-0.15, -0.1) is 0 Å². The summed E-state index contributed by atoms with van der Waals surface area (Å²) in [7, 11) is 2.02. The molecule has 0 N–H and O–H groups in total. The Morgan fingerprint density at radius 1 is 1.29 bits per heavy atom. The van der Waals surface area contributed by atoms with Crippen LogP contribution in [0, 0.1) is 6.92 Å². The van der Waals surface area contributed by atoms with Crippen molar-refractivity contribution in [1.29, 1.82) is 0 Å². The number of ether oxygens (including phenoxy) is 1. The zero-order valence-electron chi connectivity index (χ0n) is 12.2. The van der Waals surface area contributed by atoms with Crippen molar-refractivity contribution >= 4 is 10.9 Å². The standard InChI is InChI=1S/C16H17N3O2/c1-10-3-4-13-12(7-10)8-14(19(13)2)16-17-15(18-21-16)11-5-6-20-9-11/h3-4,7-8,11H,5-6,9H2,1-2H3/t11-/m0/s1. The molecule has 1 aliphatic rings. The van der Waals surface area contributed by atoms with Crippen LogP contribution in [0.1, 0.15) is 23.7 Å². The second kappa shape index (κ2) is 4.70. The monoisotopic (exact) mass is 283 g/mol. The minimum atomic E-state index is 0.263. The van der Waals surface area contributed by atoms with Gasteiger partial charge in [0.2, 0.25) is 0 Å². The molecule has 0 saturated carbocycles. The van der Waals surface area contributed by atoms with Crippen LogP contribution in [0.5, 0.6) is 0 Å². The molecule has 1 saturated heterocycles. The Hall–Kier alpha value is -2.14. The quantitative estimate of drug-likeness (QED) is 0.725. The van der Waals surface area contributed by atoms with Crippen molar-refractivity contribution in [2.75, 3.05) is 13.2 Å². The highest BCUT2D eigenvalue weighted by atomic mass is 16.5. The Balaban J connectivity index is 1.77. The number of rotatable bonds is 2. The molecule has 1 atom stereocenters.